The minimum Gasteiger partial charge on any atom is -0.497 e. The fourth-order valence-electron chi connectivity index (χ4n) is 2.90. The molecule has 3 aromatic heterocycles. The van der Waals surface area contributed by atoms with E-state index in [4.69, 9.17) is 13.9 Å². The van der Waals surface area contributed by atoms with Crippen LogP contribution in [0.1, 0.15) is 27.5 Å². The largest absolute Gasteiger partial charge is 0.497 e. The number of nitrogens with zero attached hydrogens (tertiary/aromatic N) is 2. The summed E-state index contributed by atoms with van der Waals surface area (Å²) >= 11 is 1.36. The summed E-state index contributed by atoms with van der Waals surface area (Å²) in [6.07, 6.45) is 0. The minimum absolute atomic E-state index is 0.110. The molecule has 27 heavy (non-hydrogen) atoms. The van der Waals surface area contributed by atoms with Crippen LogP contribution in [0, 0.1) is 13.8 Å². The van der Waals surface area contributed by atoms with E-state index in [0.717, 1.165) is 11.1 Å². The van der Waals surface area contributed by atoms with Gasteiger partial charge in [-0.15, -0.1) is 11.3 Å². The Bertz CT molecular complexity index is 1230. The third-order valence-electron chi connectivity index (χ3n) is 4.31. The average molecular weight is 384 g/mol. The van der Waals surface area contributed by atoms with Crippen LogP contribution >= 0.6 is 11.3 Å². The zero-order valence-electron chi connectivity index (χ0n) is 14.9. The number of ether oxygens (including phenoxy) is 2. The molecule has 0 bridgehead atoms. The van der Waals surface area contributed by atoms with Crippen molar-refractivity contribution in [2.75, 3.05) is 7.11 Å². The number of aryl methyl sites for hydroxylation is 2. The highest BCUT2D eigenvalue weighted by molar-refractivity contribution is 7.15. The average Bonchev–Trinajstić information content (AvgIpc) is 3.20. The number of methoxy groups -OCH3 is 1. The van der Waals surface area contributed by atoms with Crippen LogP contribution < -0.4 is 10.3 Å². The van der Waals surface area contributed by atoms with Crippen LogP contribution in [0.3, 0.4) is 0 Å². The molecule has 0 unspecified atom stereocenters. The van der Waals surface area contributed by atoms with Crippen LogP contribution in [0.5, 0.6) is 5.75 Å². The number of esters is 1. The Balaban J connectivity index is 1.59. The molecule has 7 nitrogen and oxygen atoms in total. The molecular formula is C19H16N2O5S. The highest BCUT2D eigenvalue weighted by Gasteiger charge is 2.20. The highest BCUT2D eigenvalue weighted by atomic mass is 32.1. The molecule has 4 aromatic rings. The van der Waals surface area contributed by atoms with Crippen LogP contribution in [-0.2, 0) is 11.3 Å². The number of carbonyl (C=O) groups excluding carboxylic acids is 1. The lowest BCUT2D eigenvalue weighted by atomic mass is 10.1. The summed E-state index contributed by atoms with van der Waals surface area (Å²) in [7, 11) is 1.58. The highest BCUT2D eigenvalue weighted by Crippen LogP contribution is 2.29. The number of carbonyl (C=O) groups is 1. The van der Waals surface area contributed by atoms with Gasteiger partial charge in [0.25, 0.3) is 5.56 Å². The summed E-state index contributed by atoms with van der Waals surface area (Å²) in [5.41, 5.74) is 2.27. The van der Waals surface area contributed by atoms with E-state index in [9.17, 15) is 9.59 Å². The third-order valence-corrected chi connectivity index (χ3v) is 5.25. The van der Waals surface area contributed by atoms with E-state index in [1.807, 2.05) is 12.3 Å². The third kappa shape index (κ3) is 2.97. The molecule has 0 saturated heterocycles. The smallest absolute Gasteiger partial charge is 0.374 e. The lowest BCUT2D eigenvalue weighted by Gasteiger charge is -2.04. The van der Waals surface area contributed by atoms with Crippen LogP contribution in [0.15, 0.2) is 38.9 Å². The maximum absolute atomic E-state index is 12.5. The molecular weight excluding hydrogens is 368 g/mol. The molecule has 8 heteroatoms. The number of thiazole rings is 1. The minimum atomic E-state index is -0.605. The zero-order valence-corrected chi connectivity index (χ0v) is 15.8. The molecule has 0 fully saturated rings. The molecule has 1 aromatic carbocycles. The van der Waals surface area contributed by atoms with Crippen molar-refractivity contribution in [1.29, 1.82) is 0 Å². The Hall–Kier alpha value is -3.13. The maximum Gasteiger partial charge on any atom is 0.374 e. The molecule has 138 valence electrons. The fraction of sp³-hybridized carbons (Fsp3) is 0.211. The maximum atomic E-state index is 12.5. The molecule has 0 aliphatic rings. The van der Waals surface area contributed by atoms with Gasteiger partial charge in [-0.1, -0.05) is 0 Å². The molecule has 0 aliphatic carbocycles. The first-order valence-corrected chi connectivity index (χ1v) is 9.07. The van der Waals surface area contributed by atoms with Gasteiger partial charge in [-0.25, -0.2) is 9.78 Å². The van der Waals surface area contributed by atoms with E-state index >= 15 is 0 Å². The molecule has 0 N–H and O–H groups in total. The Labute approximate surface area is 157 Å². The topological polar surface area (TPSA) is 83.0 Å². The lowest BCUT2D eigenvalue weighted by molar-refractivity contribution is 0.0432. The normalized spacial score (nSPS) is 11.2. The van der Waals surface area contributed by atoms with Gasteiger partial charge in [0.05, 0.1) is 12.8 Å². The predicted molar refractivity (Wildman–Crippen MR) is 101 cm³/mol. The summed E-state index contributed by atoms with van der Waals surface area (Å²) in [6.45, 7) is 3.51. The number of rotatable bonds is 4. The van der Waals surface area contributed by atoms with Crippen molar-refractivity contribution in [3.05, 3.63) is 62.7 Å². The van der Waals surface area contributed by atoms with E-state index in [1.54, 1.807) is 32.2 Å². The molecule has 0 radical (unpaired) electrons. The Morgan fingerprint density at radius 1 is 1.30 bits per heavy atom. The second-order valence-electron chi connectivity index (χ2n) is 6.08. The number of fused-ring (bicyclic) bond motifs is 2. The second kappa shape index (κ2) is 6.55. The van der Waals surface area contributed by atoms with Gasteiger partial charge >= 0.3 is 5.97 Å². The van der Waals surface area contributed by atoms with Gasteiger partial charge in [-0.05, 0) is 32.0 Å². The number of hydrogen-bond donors (Lipinski definition) is 0. The van der Waals surface area contributed by atoms with Gasteiger partial charge in [0, 0.05) is 28.1 Å². The van der Waals surface area contributed by atoms with Crippen LogP contribution in [-0.4, -0.2) is 22.5 Å². The van der Waals surface area contributed by atoms with Crippen molar-refractivity contribution < 1.29 is 18.7 Å². The van der Waals surface area contributed by atoms with Gasteiger partial charge in [0.2, 0.25) is 5.76 Å². The zero-order chi connectivity index (χ0) is 19.1. The standard InChI is InChI=1S/C19H16N2O5S/c1-10-9-27-19-20-12(6-16(22)21(10)19)8-25-18(23)17-11(2)14-7-13(24-3)4-5-15(14)26-17/h4-7,9H,8H2,1-3H3. The lowest BCUT2D eigenvalue weighted by Crippen LogP contribution is -2.16. The summed E-state index contributed by atoms with van der Waals surface area (Å²) in [6, 6.07) is 6.68. The predicted octanol–water partition coefficient (Wildman–Crippen LogP) is 3.48. The molecule has 0 saturated carbocycles. The van der Waals surface area contributed by atoms with Crippen molar-refractivity contribution in [2.24, 2.45) is 0 Å². The number of furan rings is 1. The van der Waals surface area contributed by atoms with Crippen molar-refractivity contribution in [3.63, 3.8) is 0 Å². The second-order valence-corrected chi connectivity index (χ2v) is 6.91. The number of benzene rings is 1. The first-order chi connectivity index (χ1) is 13.0. The van der Waals surface area contributed by atoms with Crippen molar-refractivity contribution in [3.8, 4) is 5.75 Å². The van der Waals surface area contributed by atoms with Crippen LogP contribution in [0.2, 0.25) is 0 Å². The van der Waals surface area contributed by atoms with E-state index in [1.165, 1.54) is 21.8 Å². The van der Waals surface area contributed by atoms with E-state index < -0.39 is 5.97 Å². The van der Waals surface area contributed by atoms with Crippen molar-refractivity contribution >= 4 is 33.2 Å². The van der Waals surface area contributed by atoms with Gasteiger partial charge in [-0.2, -0.15) is 0 Å². The van der Waals surface area contributed by atoms with Gasteiger partial charge in [0.1, 0.15) is 17.9 Å². The Kier molecular flexibility index (Phi) is 4.19. The molecule has 4 rings (SSSR count). The molecule has 0 atom stereocenters. The van der Waals surface area contributed by atoms with E-state index in [2.05, 4.69) is 4.98 Å². The molecule has 3 heterocycles. The quantitative estimate of drug-likeness (QED) is 0.501. The number of aromatic nitrogens is 2. The molecule has 0 amide bonds. The summed E-state index contributed by atoms with van der Waals surface area (Å²) < 4.78 is 17.7. The van der Waals surface area contributed by atoms with Gasteiger partial charge in [-0.3, -0.25) is 9.20 Å². The monoisotopic (exact) mass is 384 g/mol. The molecule has 0 spiro atoms. The van der Waals surface area contributed by atoms with Crippen LogP contribution in [0.4, 0.5) is 0 Å². The van der Waals surface area contributed by atoms with Crippen LogP contribution in [0.25, 0.3) is 15.9 Å². The Morgan fingerprint density at radius 2 is 2.11 bits per heavy atom. The van der Waals surface area contributed by atoms with Crippen molar-refractivity contribution in [1.82, 2.24) is 9.38 Å². The van der Waals surface area contributed by atoms with Gasteiger partial charge in [0.15, 0.2) is 4.96 Å². The molecule has 0 aliphatic heterocycles. The van der Waals surface area contributed by atoms with E-state index in [0.29, 0.717) is 27.6 Å². The first-order valence-electron chi connectivity index (χ1n) is 8.19. The number of hydrogen-bond acceptors (Lipinski definition) is 7. The Morgan fingerprint density at radius 3 is 2.89 bits per heavy atom. The fourth-order valence-corrected chi connectivity index (χ4v) is 3.79. The first kappa shape index (κ1) is 17.3. The van der Waals surface area contributed by atoms with E-state index in [-0.39, 0.29) is 17.9 Å². The summed E-state index contributed by atoms with van der Waals surface area (Å²) in [5.74, 6) is 0.200. The summed E-state index contributed by atoms with van der Waals surface area (Å²) in [5, 5.41) is 2.64. The van der Waals surface area contributed by atoms with Gasteiger partial charge < -0.3 is 13.9 Å². The SMILES string of the molecule is COc1ccc2oc(C(=O)OCc3cc(=O)n4c(C)csc4n3)c(C)c2c1. The van der Waals surface area contributed by atoms with Crippen molar-refractivity contribution in [2.45, 2.75) is 20.5 Å². The summed E-state index contributed by atoms with van der Waals surface area (Å²) in [4.78, 5) is 29.6.